The average Bonchev–Trinajstić information content (AvgIpc) is 3.48. The van der Waals surface area contributed by atoms with Crippen LogP contribution in [-0.4, -0.2) is 46.4 Å². The summed E-state index contributed by atoms with van der Waals surface area (Å²) in [6, 6.07) is 11.9. The van der Waals surface area contributed by atoms with Crippen molar-refractivity contribution in [2.75, 3.05) is 19.6 Å². The molecule has 0 unspecified atom stereocenters. The minimum atomic E-state index is -0.0831. The zero-order valence-corrected chi connectivity index (χ0v) is 17.5. The average molecular weight is 408 g/mol. The van der Waals surface area contributed by atoms with E-state index in [1.54, 1.807) is 13.0 Å². The molecule has 2 aliphatic heterocycles. The van der Waals surface area contributed by atoms with Gasteiger partial charge in [0.05, 0.1) is 6.04 Å². The molecule has 0 spiro atoms. The van der Waals surface area contributed by atoms with Crippen LogP contribution in [0.4, 0.5) is 0 Å². The highest BCUT2D eigenvalue weighted by Crippen LogP contribution is 2.46. The van der Waals surface area contributed by atoms with E-state index in [1.165, 1.54) is 19.3 Å². The van der Waals surface area contributed by atoms with Crippen molar-refractivity contribution in [3.63, 3.8) is 0 Å². The maximum Gasteiger partial charge on any atom is 0.276 e. The summed E-state index contributed by atoms with van der Waals surface area (Å²) in [5.74, 6) is 1.65. The highest BCUT2D eigenvalue weighted by Gasteiger charge is 2.51. The molecule has 5 rings (SSSR count). The summed E-state index contributed by atoms with van der Waals surface area (Å²) in [6.07, 6.45) is 5.65. The Kier molecular flexibility index (Phi) is 5.09. The number of rotatable bonds is 3. The van der Waals surface area contributed by atoms with E-state index in [-0.39, 0.29) is 23.8 Å². The molecule has 3 heterocycles. The predicted octanol–water partition coefficient (Wildman–Crippen LogP) is 3.84. The molecule has 3 aliphatic rings. The molecule has 2 amide bonds. The smallest absolute Gasteiger partial charge is 0.276 e. The van der Waals surface area contributed by atoms with Crippen LogP contribution in [-0.2, 0) is 4.79 Å². The van der Waals surface area contributed by atoms with Crippen molar-refractivity contribution >= 4 is 11.8 Å². The second-order valence-electron chi connectivity index (χ2n) is 9.14. The fourth-order valence-electron chi connectivity index (χ4n) is 5.73. The Morgan fingerprint density at radius 3 is 2.50 bits per heavy atom. The first kappa shape index (κ1) is 19.3. The van der Waals surface area contributed by atoms with Crippen LogP contribution in [0.5, 0.6) is 0 Å². The Bertz CT molecular complexity index is 919. The molecule has 0 N–H and O–H groups in total. The third kappa shape index (κ3) is 3.42. The number of carbonyl (C=O) groups excluding carboxylic acids is 2. The number of aryl methyl sites for hydroxylation is 1. The monoisotopic (exact) mass is 407 g/mol. The van der Waals surface area contributed by atoms with Gasteiger partial charge in [-0.3, -0.25) is 9.59 Å². The molecule has 2 aromatic rings. The zero-order chi connectivity index (χ0) is 20.7. The van der Waals surface area contributed by atoms with Crippen molar-refractivity contribution in [1.29, 1.82) is 0 Å². The quantitative estimate of drug-likeness (QED) is 0.775. The largest absolute Gasteiger partial charge is 0.361 e. The van der Waals surface area contributed by atoms with Crippen LogP contribution in [0.1, 0.15) is 60.0 Å². The topological polar surface area (TPSA) is 66.7 Å². The molecule has 2 saturated heterocycles. The van der Waals surface area contributed by atoms with Gasteiger partial charge in [0.15, 0.2) is 5.69 Å². The number of hydrogen-bond donors (Lipinski definition) is 0. The molecule has 0 radical (unpaired) electrons. The lowest BCUT2D eigenvalue weighted by Gasteiger charge is -2.31. The first-order valence-corrected chi connectivity index (χ1v) is 11.2. The van der Waals surface area contributed by atoms with Crippen LogP contribution in [0.25, 0.3) is 0 Å². The van der Waals surface area contributed by atoms with E-state index in [0.717, 1.165) is 31.5 Å². The lowest BCUT2D eigenvalue weighted by atomic mass is 9.88. The highest BCUT2D eigenvalue weighted by molar-refractivity contribution is 5.93. The van der Waals surface area contributed by atoms with Crippen molar-refractivity contribution in [1.82, 2.24) is 15.0 Å². The van der Waals surface area contributed by atoms with Crippen molar-refractivity contribution in [3.8, 4) is 0 Å². The maximum absolute atomic E-state index is 13.3. The number of carbonyl (C=O) groups is 2. The molecule has 0 bridgehead atoms. The van der Waals surface area contributed by atoms with Gasteiger partial charge in [0, 0.05) is 43.5 Å². The second kappa shape index (κ2) is 7.89. The molecule has 6 heteroatoms. The number of aromatic nitrogens is 1. The number of amides is 2. The Hall–Kier alpha value is -2.63. The van der Waals surface area contributed by atoms with Gasteiger partial charge in [-0.25, -0.2) is 0 Å². The first-order valence-electron chi connectivity index (χ1n) is 11.2. The van der Waals surface area contributed by atoms with Gasteiger partial charge in [0.1, 0.15) is 5.76 Å². The molecule has 1 saturated carbocycles. The van der Waals surface area contributed by atoms with E-state index in [1.807, 2.05) is 23.1 Å². The van der Waals surface area contributed by atoms with Crippen LogP contribution in [0.15, 0.2) is 40.9 Å². The summed E-state index contributed by atoms with van der Waals surface area (Å²) in [6.45, 7) is 3.95. The van der Waals surface area contributed by atoms with Crippen LogP contribution in [0, 0.1) is 24.7 Å². The molecular formula is C24H29N3O3. The molecule has 6 nitrogen and oxygen atoms in total. The van der Waals surface area contributed by atoms with Gasteiger partial charge < -0.3 is 14.3 Å². The van der Waals surface area contributed by atoms with Crippen molar-refractivity contribution < 1.29 is 14.1 Å². The number of nitrogens with zero attached hydrogens (tertiary/aromatic N) is 3. The number of hydrogen-bond acceptors (Lipinski definition) is 4. The lowest BCUT2D eigenvalue weighted by molar-refractivity contribution is -0.135. The minimum absolute atomic E-state index is 0.0372. The normalized spacial score (nSPS) is 26.8. The summed E-state index contributed by atoms with van der Waals surface area (Å²) in [5, 5.41) is 3.96. The van der Waals surface area contributed by atoms with E-state index in [0.29, 0.717) is 29.8 Å². The van der Waals surface area contributed by atoms with Gasteiger partial charge in [-0.15, -0.1) is 0 Å². The predicted molar refractivity (Wildman–Crippen MR) is 112 cm³/mol. The van der Waals surface area contributed by atoms with Gasteiger partial charge in [-0.2, -0.15) is 0 Å². The fourth-order valence-corrected chi connectivity index (χ4v) is 5.73. The third-order valence-electron chi connectivity index (χ3n) is 7.18. The van der Waals surface area contributed by atoms with Crippen molar-refractivity contribution in [2.45, 2.75) is 45.1 Å². The number of fused-ring (bicyclic) bond motifs is 1. The standard InChI is InChI=1S/C24H29N3O3/c1-16-12-21(25-30-16)24(29)27-14-19-13-26(23(28)18-10-6-3-7-11-18)15-20(19)22(27)17-8-4-2-5-9-17/h2,4-5,8-9,12,18-20,22H,3,6-7,10-11,13-15H2,1H3/t19-,20-,22+/m0/s1. The van der Waals surface area contributed by atoms with Crippen molar-refractivity contribution in [2.24, 2.45) is 17.8 Å². The van der Waals surface area contributed by atoms with E-state index in [4.69, 9.17) is 4.52 Å². The molecule has 1 aliphatic carbocycles. The summed E-state index contributed by atoms with van der Waals surface area (Å²) in [7, 11) is 0. The van der Waals surface area contributed by atoms with Crippen LogP contribution in [0.2, 0.25) is 0 Å². The molecular weight excluding hydrogens is 378 g/mol. The van der Waals surface area contributed by atoms with Crippen LogP contribution in [0.3, 0.4) is 0 Å². The maximum atomic E-state index is 13.3. The Labute approximate surface area is 177 Å². The van der Waals surface area contributed by atoms with E-state index >= 15 is 0 Å². The highest BCUT2D eigenvalue weighted by atomic mass is 16.5. The van der Waals surface area contributed by atoms with Crippen LogP contribution >= 0.6 is 0 Å². The van der Waals surface area contributed by atoms with Gasteiger partial charge in [0.25, 0.3) is 5.91 Å². The van der Waals surface area contributed by atoms with Gasteiger partial charge in [-0.1, -0.05) is 54.8 Å². The third-order valence-corrected chi connectivity index (χ3v) is 7.18. The van der Waals surface area contributed by atoms with Crippen molar-refractivity contribution in [3.05, 3.63) is 53.4 Å². The molecule has 1 aromatic heterocycles. The summed E-state index contributed by atoms with van der Waals surface area (Å²) in [5.41, 5.74) is 1.49. The summed E-state index contributed by atoms with van der Waals surface area (Å²) in [4.78, 5) is 30.4. The molecule has 3 fully saturated rings. The second-order valence-corrected chi connectivity index (χ2v) is 9.14. The fraction of sp³-hybridized carbons (Fsp3) is 0.542. The van der Waals surface area contributed by atoms with E-state index in [2.05, 4.69) is 22.2 Å². The number of likely N-dealkylation sites (tertiary alicyclic amines) is 2. The first-order chi connectivity index (χ1) is 14.6. The Balaban J connectivity index is 1.39. The van der Waals surface area contributed by atoms with Crippen LogP contribution < -0.4 is 0 Å². The minimum Gasteiger partial charge on any atom is -0.361 e. The van der Waals surface area contributed by atoms with E-state index < -0.39 is 0 Å². The summed E-state index contributed by atoms with van der Waals surface area (Å²) >= 11 is 0. The molecule has 158 valence electrons. The number of benzene rings is 1. The molecule has 1 aromatic carbocycles. The Morgan fingerprint density at radius 1 is 1.03 bits per heavy atom. The molecule has 3 atom stereocenters. The van der Waals surface area contributed by atoms with Gasteiger partial charge in [0.2, 0.25) is 5.91 Å². The van der Waals surface area contributed by atoms with Gasteiger partial charge in [-0.05, 0) is 25.3 Å². The van der Waals surface area contributed by atoms with E-state index in [9.17, 15) is 9.59 Å². The van der Waals surface area contributed by atoms with Gasteiger partial charge >= 0.3 is 0 Å². The lowest BCUT2D eigenvalue weighted by Crippen LogP contribution is -2.40. The molecule has 30 heavy (non-hydrogen) atoms. The Morgan fingerprint density at radius 2 is 1.80 bits per heavy atom. The summed E-state index contributed by atoms with van der Waals surface area (Å²) < 4.78 is 5.15. The zero-order valence-electron chi connectivity index (χ0n) is 17.5. The SMILES string of the molecule is Cc1cc(C(=O)N2C[C@@H]3CN(C(=O)C4CCCCC4)C[C@@H]3[C@H]2c2ccccc2)no1.